The molecule has 7 heteroatoms. The van der Waals surface area contributed by atoms with E-state index in [2.05, 4.69) is 10.3 Å². The molecule has 0 aliphatic carbocycles. The summed E-state index contributed by atoms with van der Waals surface area (Å²) >= 11 is 0. The summed E-state index contributed by atoms with van der Waals surface area (Å²) in [6.45, 7) is 1.83. The molecule has 0 aliphatic heterocycles. The van der Waals surface area contributed by atoms with Crippen LogP contribution in [0.3, 0.4) is 0 Å². The van der Waals surface area contributed by atoms with Gasteiger partial charge in [0.15, 0.2) is 0 Å². The van der Waals surface area contributed by atoms with Gasteiger partial charge in [0, 0.05) is 25.2 Å². The largest absolute Gasteiger partial charge is 0.396 e. The van der Waals surface area contributed by atoms with E-state index < -0.39 is 4.92 Å². The molecule has 0 radical (unpaired) electrons. The van der Waals surface area contributed by atoms with Crippen molar-refractivity contribution in [2.24, 2.45) is 0 Å². The summed E-state index contributed by atoms with van der Waals surface area (Å²) in [5, 5.41) is 27.3. The summed E-state index contributed by atoms with van der Waals surface area (Å²) in [4.78, 5) is 10.3. The number of non-ortho nitro benzene ring substituents is 1. The summed E-state index contributed by atoms with van der Waals surface area (Å²) in [6, 6.07) is 4.57. The fraction of sp³-hybridized carbons (Fsp3) is 0.273. The molecule has 0 spiro atoms. The number of rotatable bonds is 4. The number of nitro benzene ring substituents is 1. The summed E-state index contributed by atoms with van der Waals surface area (Å²) in [5.41, 5.74) is 2.13. The molecule has 7 nitrogen and oxygen atoms in total. The number of aliphatic hydroxyl groups excluding tert-OH is 1. The Balaban J connectivity index is 2.41. The van der Waals surface area contributed by atoms with Gasteiger partial charge in [-0.2, -0.15) is 0 Å². The topological polar surface area (TPSA) is 94.1 Å². The second kappa shape index (κ2) is 4.92. The molecule has 1 N–H and O–H groups in total. The van der Waals surface area contributed by atoms with E-state index >= 15 is 0 Å². The van der Waals surface area contributed by atoms with E-state index in [4.69, 9.17) is 5.11 Å². The summed E-state index contributed by atoms with van der Waals surface area (Å²) in [6.07, 6.45) is 2.07. The van der Waals surface area contributed by atoms with Crippen LogP contribution in [0.15, 0.2) is 24.4 Å². The van der Waals surface area contributed by atoms with Crippen molar-refractivity contribution in [3.8, 4) is 5.69 Å². The van der Waals surface area contributed by atoms with Gasteiger partial charge in [0.1, 0.15) is 0 Å². The number of nitrogens with zero attached hydrogens (tertiary/aromatic N) is 4. The first kappa shape index (κ1) is 12.2. The third-order valence-corrected chi connectivity index (χ3v) is 2.56. The molecule has 0 atom stereocenters. The first-order valence-corrected chi connectivity index (χ1v) is 5.39. The molecule has 1 aromatic heterocycles. The Morgan fingerprint density at radius 3 is 2.94 bits per heavy atom. The Bertz CT molecular complexity index is 579. The van der Waals surface area contributed by atoms with Gasteiger partial charge in [-0.15, -0.1) is 5.10 Å². The Labute approximate surface area is 103 Å². The van der Waals surface area contributed by atoms with Crippen LogP contribution in [-0.4, -0.2) is 31.6 Å². The van der Waals surface area contributed by atoms with Crippen LogP contribution in [0.2, 0.25) is 0 Å². The first-order chi connectivity index (χ1) is 8.61. The van der Waals surface area contributed by atoms with Crippen molar-refractivity contribution in [2.75, 3.05) is 6.61 Å². The standard InChI is InChI=1S/C11H12N4O3/c1-8-2-3-10(15(17)18)6-11(8)14-7-9(4-5-16)12-13-14/h2-3,6-7,16H,4-5H2,1H3. The normalized spacial score (nSPS) is 10.6. The monoisotopic (exact) mass is 248 g/mol. The Kier molecular flexibility index (Phi) is 3.33. The fourth-order valence-electron chi connectivity index (χ4n) is 1.60. The maximum atomic E-state index is 10.7. The molecule has 0 saturated heterocycles. The number of hydrogen-bond donors (Lipinski definition) is 1. The third kappa shape index (κ3) is 2.35. The molecule has 18 heavy (non-hydrogen) atoms. The second-order valence-corrected chi connectivity index (χ2v) is 3.86. The molecule has 0 bridgehead atoms. The summed E-state index contributed by atoms with van der Waals surface area (Å²) in [7, 11) is 0. The molecule has 0 saturated carbocycles. The van der Waals surface area contributed by atoms with E-state index in [1.807, 2.05) is 6.92 Å². The van der Waals surface area contributed by atoms with Gasteiger partial charge < -0.3 is 5.11 Å². The Hall–Kier alpha value is -2.28. The lowest BCUT2D eigenvalue weighted by atomic mass is 10.2. The maximum Gasteiger partial charge on any atom is 0.271 e. The first-order valence-electron chi connectivity index (χ1n) is 5.39. The molecule has 0 unspecified atom stereocenters. The molecular formula is C11H12N4O3. The number of benzene rings is 1. The lowest BCUT2D eigenvalue weighted by molar-refractivity contribution is -0.384. The number of aliphatic hydroxyl groups is 1. The number of aryl methyl sites for hydroxylation is 1. The third-order valence-electron chi connectivity index (χ3n) is 2.56. The molecule has 0 aliphatic rings. The van der Waals surface area contributed by atoms with Crippen LogP contribution in [0, 0.1) is 17.0 Å². The predicted molar refractivity (Wildman–Crippen MR) is 63.5 cm³/mol. The Morgan fingerprint density at radius 2 is 2.28 bits per heavy atom. The number of hydrogen-bond acceptors (Lipinski definition) is 5. The highest BCUT2D eigenvalue weighted by Crippen LogP contribution is 2.20. The van der Waals surface area contributed by atoms with E-state index in [1.165, 1.54) is 16.8 Å². The van der Waals surface area contributed by atoms with Gasteiger partial charge in [0.05, 0.1) is 22.5 Å². The van der Waals surface area contributed by atoms with Crippen LogP contribution >= 0.6 is 0 Å². The fourth-order valence-corrected chi connectivity index (χ4v) is 1.60. The molecule has 0 amide bonds. The minimum Gasteiger partial charge on any atom is -0.396 e. The van der Waals surface area contributed by atoms with Gasteiger partial charge >= 0.3 is 0 Å². The summed E-state index contributed by atoms with van der Waals surface area (Å²) in [5.74, 6) is 0. The SMILES string of the molecule is Cc1ccc([N+](=O)[O-])cc1-n1cc(CCO)nn1. The van der Waals surface area contributed by atoms with E-state index in [-0.39, 0.29) is 12.3 Å². The zero-order valence-corrected chi connectivity index (χ0v) is 9.78. The minimum absolute atomic E-state index is 0.00733. The van der Waals surface area contributed by atoms with Gasteiger partial charge in [-0.3, -0.25) is 10.1 Å². The zero-order valence-electron chi connectivity index (χ0n) is 9.78. The molecule has 0 fully saturated rings. The van der Waals surface area contributed by atoms with Crippen LogP contribution in [0.4, 0.5) is 5.69 Å². The van der Waals surface area contributed by atoms with Gasteiger partial charge in [0.2, 0.25) is 0 Å². The highest BCUT2D eigenvalue weighted by atomic mass is 16.6. The van der Waals surface area contributed by atoms with Gasteiger partial charge in [-0.25, -0.2) is 4.68 Å². The Morgan fingerprint density at radius 1 is 1.50 bits per heavy atom. The van der Waals surface area contributed by atoms with E-state index in [0.717, 1.165) is 5.56 Å². The van der Waals surface area contributed by atoms with Crippen LogP contribution in [-0.2, 0) is 6.42 Å². The van der Waals surface area contributed by atoms with E-state index in [9.17, 15) is 10.1 Å². The molecule has 2 rings (SSSR count). The molecule has 1 heterocycles. The van der Waals surface area contributed by atoms with Gasteiger partial charge in [-0.05, 0) is 12.5 Å². The lowest BCUT2D eigenvalue weighted by Gasteiger charge is -2.04. The van der Waals surface area contributed by atoms with Gasteiger partial charge in [0.25, 0.3) is 5.69 Å². The number of aromatic nitrogens is 3. The second-order valence-electron chi connectivity index (χ2n) is 3.86. The van der Waals surface area contributed by atoms with Crippen molar-refractivity contribution >= 4 is 5.69 Å². The van der Waals surface area contributed by atoms with Crippen molar-refractivity contribution in [3.05, 3.63) is 45.8 Å². The van der Waals surface area contributed by atoms with Crippen molar-refractivity contribution < 1.29 is 10.0 Å². The van der Waals surface area contributed by atoms with Crippen LogP contribution in [0.1, 0.15) is 11.3 Å². The number of nitro groups is 1. The van der Waals surface area contributed by atoms with Crippen LogP contribution in [0.25, 0.3) is 5.69 Å². The molecule has 2 aromatic rings. The average molecular weight is 248 g/mol. The van der Waals surface area contributed by atoms with Crippen molar-refractivity contribution in [1.29, 1.82) is 0 Å². The van der Waals surface area contributed by atoms with Crippen LogP contribution < -0.4 is 0 Å². The molecule has 94 valence electrons. The molecular weight excluding hydrogens is 236 g/mol. The highest BCUT2D eigenvalue weighted by Gasteiger charge is 2.11. The predicted octanol–water partition coefficient (Wildman–Crippen LogP) is 1.02. The molecule has 1 aromatic carbocycles. The van der Waals surface area contributed by atoms with Crippen LogP contribution in [0.5, 0.6) is 0 Å². The zero-order chi connectivity index (χ0) is 13.1. The minimum atomic E-state index is -0.450. The van der Waals surface area contributed by atoms with E-state index in [0.29, 0.717) is 17.8 Å². The smallest absolute Gasteiger partial charge is 0.271 e. The summed E-state index contributed by atoms with van der Waals surface area (Å²) < 4.78 is 1.48. The van der Waals surface area contributed by atoms with Crippen molar-refractivity contribution in [2.45, 2.75) is 13.3 Å². The van der Waals surface area contributed by atoms with Gasteiger partial charge in [-0.1, -0.05) is 11.3 Å². The van der Waals surface area contributed by atoms with E-state index in [1.54, 1.807) is 12.3 Å². The average Bonchev–Trinajstić information content (AvgIpc) is 2.78. The maximum absolute atomic E-state index is 10.7. The van der Waals surface area contributed by atoms with Crippen molar-refractivity contribution in [3.63, 3.8) is 0 Å². The quantitative estimate of drug-likeness (QED) is 0.643. The lowest BCUT2D eigenvalue weighted by Crippen LogP contribution is -1.99. The highest BCUT2D eigenvalue weighted by molar-refractivity contribution is 5.48. The van der Waals surface area contributed by atoms with Crippen molar-refractivity contribution in [1.82, 2.24) is 15.0 Å².